The van der Waals surface area contributed by atoms with E-state index in [-0.39, 0.29) is 12.3 Å². The minimum absolute atomic E-state index is 0.137. The maximum absolute atomic E-state index is 13.1. The van der Waals surface area contributed by atoms with Gasteiger partial charge in [-0.05, 0) is 30.5 Å². The van der Waals surface area contributed by atoms with Gasteiger partial charge in [-0.15, -0.1) is 0 Å². The van der Waals surface area contributed by atoms with Crippen LogP contribution in [0.1, 0.15) is 35.7 Å². The van der Waals surface area contributed by atoms with E-state index in [2.05, 4.69) is 0 Å². The monoisotopic (exact) mass is 354 g/mol. The van der Waals surface area contributed by atoms with Crippen LogP contribution < -0.4 is 10.5 Å². The molecule has 0 aromatic heterocycles. The number of hydrogen-bond donors (Lipinski definition) is 1. The highest BCUT2D eigenvalue weighted by molar-refractivity contribution is 5.97. The van der Waals surface area contributed by atoms with E-state index in [1.165, 1.54) is 0 Å². The topological polar surface area (TPSA) is 72.6 Å². The highest BCUT2D eigenvalue weighted by Gasteiger charge is 2.20. The third-order valence-corrected chi connectivity index (χ3v) is 4.01. The van der Waals surface area contributed by atoms with Crippen LogP contribution in [0.5, 0.6) is 5.75 Å². The van der Waals surface area contributed by atoms with Gasteiger partial charge >= 0.3 is 0 Å². The van der Waals surface area contributed by atoms with Crippen LogP contribution in [0, 0.1) is 0 Å². The molecule has 2 aromatic carbocycles. The lowest BCUT2D eigenvalue weighted by molar-refractivity contribution is -0.118. The number of carbonyl (C=O) groups excluding carboxylic acids is 2. The van der Waals surface area contributed by atoms with Gasteiger partial charge in [-0.25, -0.2) is 0 Å². The molecule has 0 aliphatic carbocycles. The van der Waals surface area contributed by atoms with Crippen LogP contribution >= 0.6 is 0 Å². The van der Waals surface area contributed by atoms with E-state index in [0.717, 1.165) is 12.0 Å². The van der Waals surface area contributed by atoms with Crippen molar-refractivity contribution in [3.8, 4) is 5.75 Å². The number of rotatable bonds is 10. The van der Waals surface area contributed by atoms with Gasteiger partial charge in [0.25, 0.3) is 5.91 Å². The van der Waals surface area contributed by atoms with Crippen molar-refractivity contribution in [3.05, 3.63) is 65.7 Å². The number of primary amides is 1. The Labute approximate surface area is 154 Å². The molecule has 0 radical (unpaired) electrons. The Kier molecular flexibility index (Phi) is 7.68. The van der Waals surface area contributed by atoms with Gasteiger partial charge in [0.15, 0.2) is 0 Å². The molecule has 0 spiro atoms. The zero-order chi connectivity index (χ0) is 18.8. The predicted octanol–water partition coefficient (Wildman–Crippen LogP) is 3.04. The molecule has 2 amide bonds. The van der Waals surface area contributed by atoms with E-state index in [9.17, 15) is 9.59 Å². The molecular weight excluding hydrogens is 328 g/mol. The molecule has 26 heavy (non-hydrogen) atoms. The summed E-state index contributed by atoms with van der Waals surface area (Å²) < 4.78 is 5.71. The first-order valence-electron chi connectivity index (χ1n) is 8.95. The SMILES string of the molecule is CCCOc1ccccc1C(=O)N(CCC(N)=O)CCc1ccccc1. The molecule has 5 heteroatoms. The van der Waals surface area contributed by atoms with Crippen molar-refractivity contribution in [3.63, 3.8) is 0 Å². The van der Waals surface area contributed by atoms with Gasteiger partial charge in [0.1, 0.15) is 5.75 Å². The summed E-state index contributed by atoms with van der Waals surface area (Å²) in [4.78, 5) is 25.9. The number of para-hydroxylation sites is 1. The Morgan fingerprint density at radius 2 is 1.69 bits per heavy atom. The number of hydrogen-bond acceptors (Lipinski definition) is 3. The van der Waals surface area contributed by atoms with Crippen LogP contribution in [0.3, 0.4) is 0 Å². The van der Waals surface area contributed by atoms with E-state index >= 15 is 0 Å². The molecule has 138 valence electrons. The average molecular weight is 354 g/mol. The maximum Gasteiger partial charge on any atom is 0.257 e. The lowest BCUT2D eigenvalue weighted by Crippen LogP contribution is -2.36. The van der Waals surface area contributed by atoms with Crippen molar-refractivity contribution in [2.45, 2.75) is 26.2 Å². The molecule has 0 unspecified atom stereocenters. The fourth-order valence-corrected chi connectivity index (χ4v) is 2.62. The lowest BCUT2D eigenvalue weighted by Gasteiger charge is -2.23. The van der Waals surface area contributed by atoms with Gasteiger partial charge in [-0.3, -0.25) is 9.59 Å². The van der Waals surface area contributed by atoms with Crippen LogP contribution in [-0.4, -0.2) is 36.4 Å². The van der Waals surface area contributed by atoms with Crippen LogP contribution in [0.4, 0.5) is 0 Å². The summed E-state index contributed by atoms with van der Waals surface area (Å²) in [6, 6.07) is 17.2. The summed E-state index contributed by atoms with van der Waals surface area (Å²) in [5.41, 5.74) is 6.93. The van der Waals surface area contributed by atoms with E-state index in [0.29, 0.717) is 37.4 Å². The second-order valence-electron chi connectivity index (χ2n) is 6.09. The van der Waals surface area contributed by atoms with Crippen LogP contribution in [0.2, 0.25) is 0 Å². The van der Waals surface area contributed by atoms with Crippen molar-refractivity contribution >= 4 is 11.8 Å². The molecule has 0 saturated heterocycles. The normalized spacial score (nSPS) is 10.3. The second kappa shape index (κ2) is 10.2. The molecule has 2 N–H and O–H groups in total. The van der Waals surface area contributed by atoms with Crippen molar-refractivity contribution in [2.24, 2.45) is 5.73 Å². The summed E-state index contributed by atoms with van der Waals surface area (Å²) in [7, 11) is 0. The minimum Gasteiger partial charge on any atom is -0.493 e. The fourth-order valence-electron chi connectivity index (χ4n) is 2.62. The standard InChI is InChI=1S/C21H26N2O3/c1-2-16-26-19-11-7-6-10-18(19)21(25)23(15-13-20(22)24)14-12-17-8-4-3-5-9-17/h3-11H,2,12-16H2,1H3,(H2,22,24). The first kappa shape index (κ1) is 19.5. The number of amides is 2. The van der Waals surface area contributed by atoms with E-state index in [1.807, 2.05) is 49.4 Å². The van der Waals surface area contributed by atoms with Crippen molar-refractivity contribution in [2.75, 3.05) is 19.7 Å². The smallest absolute Gasteiger partial charge is 0.257 e. The minimum atomic E-state index is -0.418. The van der Waals surface area contributed by atoms with E-state index in [4.69, 9.17) is 10.5 Å². The quantitative estimate of drug-likeness (QED) is 0.713. The predicted molar refractivity (Wildman–Crippen MR) is 102 cm³/mol. The third kappa shape index (κ3) is 5.92. The van der Waals surface area contributed by atoms with Crippen molar-refractivity contribution in [1.82, 2.24) is 4.90 Å². The molecule has 2 aromatic rings. The molecule has 0 atom stereocenters. The number of benzene rings is 2. The van der Waals surface area contributed by atoms with Gasteiger partial charge in [0.2, 0.25) is 5.91 Å². The van der Waals surface area contributed by atoms with Crippen molar-refractivity contribution < 1.29 is 14.3 Å². The molecule has 0 fully saturated rings. The Hall–Kier alpha value is -2.82. The number of carbonyl (C=O) groups is 2. The molecule has 0 aliphatic heterocycles. The molecular formula is C21H26N2O3. The van der Waals surface area contributed by atoms with E-state index in [1.54, 1.807) is 17.0 Å². The fraction of sp³-hybridized carbons (Fsp3) is 0.333. The Morgan fingerprint density at radius 3 is 2.38 bits per heavy atom. The van der Waals surface area contributed by atoms with Gasteiger partial charge < -0.3 is 15.4 Å². The van der Waals surface area contributed by atoms with Crippen LogP contribution in [0.15, 0.2) is 54.6 Å². The summed E-state index contributed by atoms with van der Waals surface area (Å²) in [5.74, 6) is 0.00931. The Bertz CT molecular complexity index is 716. The summed E-state index contributed by atoms with van der Waals surface area (Å²) >= 11 is 0. The van der Waals surface area contributed by atoms with Gasteiger partial charge in [0, 0.05) is 19.5 Å². The number of ether oxygens (including phenoxy) is 1. The van der Waals surface area contributed by atoms with E-state index < -0.39 is 5.91 Å². The largest absolute Gasteiger partial charge is 0.493 e. The highest BCUT2D eigenvalue weighted by Crippen LogP contribution is 2.20. The zero-order valence-electron chi connectivity index (χ0n) is 15.2. The van der Waals surface area contributed by atoms with Gasteiger partial charge in [-0.1, -0.05) is 49.4 Å². The molecule has 0 saturated carbocycles. The zero-order valence-corrected chi connectivity index (χ0v) is 15.2. The second-order valence-corrected chi connectivity index (χ2v) is 6.09. The first-order valence-corrected chi connectivity index (χ1v) is 8.95. The van der Waals surface area contributed by atoms with Crippen LogP contribution in [0.25, 0.3) is 0 Å². The van der Waals surface area contributed by atoms with Gasteiger partial charge in [-0.2, -0.15) is 0 Å². The summed E-state index contributed by atoms with van der Waals surface area (Å²) in [6.07, 6.45) is 1.71. The van der Waals surface area contributed by atoms with Gasteiger partial charge in [0.05, 0.1) is 12.2 Å². The Balaban J connectivity index is 2.15. The van der Waals surface area contributed by atoms with Crippen LogP contribution in [-0.2, 0) is 11.2 Å². The molecule has 0 aliphatic rings. The van der Waals surface area contributed by atoms with Crippen molar-refractivity contribution in [1.29, 1.82) is 0 Å². The third-order valence-electron chi connectivity index (χ3n) is 4.01. The number of nitrogens with two attached hydrogens (primary N) is 1. The number of nitrogens with zero attached hydrogens (tertiary/aromatic N) is 1. The molecule has 0 heterocycles. The lowest BCUT2D eigenvalue weighted by atomic mass is 10.1. The maximum atomic E-state index is 13.1. The molecule has 0 bridgehead atoms. The Morgan fingerprint density at radius 1 is 1.00 bits per heavy atom. The average Bonchev–Trinajstić information content (AvgIpc) is 2.66. The summed E-state index contributed by atoms with van der Waals surface area (Å²) in [6.45, 7) is 3.38. The highest BCUT2D eigenvalue weighted by atomic mass is 16.5. The summed E-state index contributed by atoms with van der Waals surface area (Å²) in [5, 5.41) is 0. The first-order chi connectivity index (χ1) is 12.6. The molecule has 5 nitrogen and oxygen atoms in total. The molecule has 2 rings (SSSR count).